The van der Waals surface area contributed by atoms with Gasteiger partial charge in [0.25, 0.3) is 5.91 Å². The van der Waals surface area contributed by atoms with Gasteiger partial charge in [0.15, 0.2) is 0 Å². The minimum atomic E-state index is -1.04. The van der Waals surface area contributed by atoms with Crippen LogP contribution in [0.3, 0.4) is 0 Å². The van der Waals surface area contributed by atoms with Gasteiger partial charge in [0.05, 0.1) is 12.2 Å². The molecule has 1 N–H and O–H groups in total. The van der Waals surface area contributed by atoms with Gasteiger partial charge in [-0.05, 0) is 62.4 Å². The van der Waals surface area contributed by atoms with Crippen LogP contribution >= 0.6 is 0 Å². The van der Waals surface area contributed by atoms with Gasteiger partial charge in [-0.1, -0.05) is 0 Å². The highest BCUT2D eigenvalue weighted by atomic mass is 32.2. The van der Waals surface area contributed by atoms with Gasteiger partial charge in [0, 0.05) is 52.0 Å². The van der Waals surface area contributed by atoms with Crippen molar-refractivity contribution in [2.45, 2.75) is 31.0 Å². The summed E-state index contributed by atoms with van der Waals surface area (Å²) < 4.78 is 17.2. The first-order chi connectivity index (χ1) is 12.4. The van der Waals surface area contributed by atoms with Crippen molar-refractivity contribution in [1.29, 1.82) is 0 Å². The van der Waals surface area contributed by atoms with Crippen LogP contribution in [0, 0.1) is 0 Å². The minimum absolute atomic E-state index is 0.181. The summed E-state index contributed by atoms with van der Waals surface area (Å²) in [4.78, 5) is 15.4. The van der Waals surface area contributed by atoms with Crippen LogP contribution in [0.5, 0.6) is 0 Å². The van der Waals surface area contributed by atoms with E-state index in [1.807, 2.05) is 24.3 Å². The highest BCUT2D eigenvalue weighted by molar-refractivity contribution is 7.84. The lowest BCUT2D eigenvalue weighted by molar-refractivity contribution is -0.00521. The summed E-state index contributed by atoms with van der Waals surface area (Å²) in [5, 5.41) is 2.90. The van der Waals surface area contributed by atoms with E-state index < -0.39 is 10.8 Å². The van der Waals surface area contributed by atoms with E-state index in [0.29, 0.717) is 10.5 Å². The Hall–Kier alpha value is -2.18. The number of nitrogens with zero attached hydrogens (tertiary/aromatic N) is 1. The fourth-order valence-electron chi connectivity index (χ4n) is 3.15. The fraction of sp³-hybridized carbons (Fsp3) is 0.350. The maximum Gasteiger partial charge on any atom is 0.255 e. The van der Waals surface area contributed by atoms with Gasteiger partial charge < -0.3 is 15.0 Å². The van der Waals surface area contributed by atoms with E-state index in [1.165, 1.54) is 0 Å². The third kappa shape index (κ3) is 4.51. The molecule has 3 atom stereocenters. The molecule has 1 amide bonds. The highest BCUT2D eigenvalue weighted by Crippen LogP contribution is 2.22. The zero-order valence-corrected chi connectivity index (χ0v) is 16.1. The first-order valence-electron chi connectivity index (χ1n) is 8.67. The number of nitrogens with one attached hydrogen (secondary N) is 1. The van der Waals surface area contributed by atoms with Gasteiger partial charge in [0.2, 0.25) is 0 Å². The molecule has 1 fully saturated rings. The van der Waals surface area contributed by atoms with Gasteiger partial charge in [-0.3, -0.25) is 9.00 Å². The van der Waals surface area contributed by atoms with E-state index in [0.717, 1.165) is 24.5 Å². The number of morpholine rings is 1. The third-order valence-corrected chi connectivity index (χ3v) is 5.29. The van der Waals surface area contributed by atoms with Crippen LogP contribution in [0.15, 0.2) is 53.4 Å². The van der Waals surface area contributed by atoms with E-state index in [-0.39, 0.29) is 18.1 Å². The minimum Gasteiger partial charge on any atom is -0.372 e. The Morgan fingerprint density at radius 1 is 1.04 bits per heavy atom. The average Bonchev–Trinajstić information content (AvgIpc) is 2.61. The van der Waals surface area contributed by atoms with Crippen LogP contribution in [-0.4, -0.2) is 41.7 Å². The Balaban J connectivity index is 1.65. The second kappa shape index (κ2) is 8.01. The lowest BCUT2D eigenvalue weighted by Crippen LogP contribution is -2.45. The van der Waals surface area contributed by atoms with Crippen molar-refractivity contribution in [3.63, 3.8) is 0 Å². The summed E-state index contributed by atoms with van der Waals surface area (Å²) in [6.45, 7) is 5.88. The van der Waals surface area contributed by atoms with Crippen molar-refractivity contribution in [3.8, 4) is 0 Å². The topological polar surface area (TPSA) is 58.6 Å². The number of carbonyl (C=O) groups is 1. The van der Waals surface area contributed by atoms with Crippen LogP contribution in [-0.2, 0) is 15.5 Å². The molecule has 2 aromatic rings. The van der Waals surface area contributed by atoms with Crippen molar-refractivity contribution in [3.05, 3.63) is 54.1 Å². The molecular weight excluding hydrogens is 348 g/mol. The van der Waals surface area contributed by atoms with Crippen molar-refractivity contribution < 1.29 is 13.7 Å². The maximum absolute atomic E-state index is 12.4. The van der Waals surface area contributed by atoms with Crippen LogP contribution in [0.2, 0.25) is 0 Å². The number of hydrogen-bond acceptors (Lipinski definition) is 4. The Labute approximate surface area is 156 Å². The molecule has 1 heterocycles. The van der Waals surface area contributed by atoms with Gasteiger partial charge in [0.1, 0.15) is 0 Å². The number of hydrogen-bond donors (Lipinski definition) is 1. The predicted molar refractivity (Wildman–Crippen MR) is 105 cm³/mol. The zero-order valence-electron chi connectivity index (χ0n) is 15.3. The van der Waals surface area contributed by atoms with Crippen molar-refractivity contribution in [1.82, 2.24) is 0 Å². The van der Waals surface area contributed by atoms with Gasteiger partial charge in [-0.2, -0.15) is 0 Å². The van der Waals surface area contributed by atoms with Crippen molar-refractivity contribution in [2.24, 2.45) is 0 Å². The van der Waals surface area contributed by atoms with Crippen LogP contribution < -0.4 is 10.2 Å². The lowest BCUT2D eigenvalue weighted by Gasteiger charge is -2.36. The first kappa shape index (κ1) is 18.6. The molecule has 2 aromatic carbocycles. The molecule has 0 unspecified atom stereocenters. The summed E-state index contributed by atoms with van der Waals surface area (Å²) in [5.74, 6) is -0.181. The highest BCUT2D eigenvalue weighted by Gasteiger charge is 2.22. The number of ether oxygens (including phenoxy) is 1. The standard InChI is InChI=1S/C20H24N2O3S/c1-14-12-22(13-15(2)25-14)18-8-6-17(7-9-18)21-20(23)16-4-10-19(11-5-16)26(3)24/h4-11,14-15H,12-13H2,1-3H3,(H,21,23)/t14-,15-,26+/m1/s1. The summed E-state index contributed by atoms with van der Waals surface area (Å²) in [6, 6.07) is 14.7. The first-order valence-corrected chi connectivity index (χ1v) is 10.2. The number of amides is 1. The van der Waals surface area contributed by atoms with Crippen LogP contribution in [0.4, 0.5) is 11.4 Å². The largest absolute Gasteiger partial charge is 0.372 e. The summed E-state index contributed by atoms with van der Waals surface area (Å²) in [7, 11) is -1.04. The number of carbonyl (C=O) groups excluding carboxylic acids is 1. The quantitative estimate of drug-likeness (QED) is 0.895. The molecule has 0 bridgehead atoms. The molecule has 0 radical (unpaired) electrons. The zero-order chi connectivity index (χ0) is 18.7. The van der Waals surface area contributed by atoms with E-state index in [9.17, 15) is 9.00 Å². The van der Waals surface area contributed by atoms with Crippen molar-refractivity contribution >= 4 is 28.1 Å². The van der Waals surface area contributed by atoms with Crippen molar-refractivity contribution in [2.75, 3.05) is 29.6 Å². The van der Waals surface area contributed by atoms with E-state index in [2.05, 4.69) is 24.1 Å². The SMILES string of the molecule is C[C@@H]1CN(c2ccc(NC(=O)c3ccc([S@](C)=O)cc3)cc2)C[C@@H](C)O1. The average molecular weight is 372 g/mol. The Bertz CT molecular complexity index is 780. The Kier molecular flexibility index (Phi) is 5.74. The van der Waals surface area contributed by atoms with E-state index >= 15 is 0 Å². The molecule has 6 heteroatoms. The molecule has 0 aromatic heterocycles. The number of anilines is 2. The molecule has 138 valence electrons. The van der Waals surface area contributed by atoms with Gasteiger partial charge in [-0.25, -0.2) is 0 Å². The van der Waals surface area contributed by atoms with Gasteiger partial charge in [-0.15, -0.1) is 0 Å². The predicted octanol–water partition coefficient (Wildman–Crippen LogP) is 3.29. The third-order valence-electron chi connectivity index (χ3n) is 4.36. The molecular formula is C20H24N2O3S. The number of rotatable bonds is 4. The van der Waals surface area contributed by atoms with E-state index in [1.54, 1.807) is 30.5 Å². The molecule has 1 aliphatic heterocycles. The van der Waals surface area contributed by atoms with Crippen LogP contribution in [0.1, 0.15) is 24.2 Å². The molecule has 5 nitrogen and oxygen atoms in total. The second-order valence-corrected chi connectivity index (χ2v) is 8.02. The Morgan fingerprint density at radius 3 is 2.15 bits per heavy atom. The van der Waals surface area contributed by atoms with E-state index in [4.69, 9.17) is 4.74 Å². The van der Waals surface area contributed by atoms with Gasteiger partial charge >= 0.3 is 0 Å². The smallest absolute Gasteiger partial charge is 0.255 e. The number of benzene rings is 2. The molecule has 0 saturated carbocycles. The van der Waals surface area contributed by atoms with Crippen LogP contribution in [0.25, 0.3) is 0 Å². The lowest BCUT2D eigenvalue weighted by atomic mass is 10.1. The molecule has 3 rings (SSSR count). The monoisotopic (exact) mass is 372 g/mol. The summed E-state index contributed by atoms with van der Waals surface area (Å²) >= 11 is 0. The fourth-order valence-corrected chi connectivity index (χ4v) is 3.66. The molecule has 1 saturated heterocycles. The normalized spacial score (nSPS) is 21.3. The molecule has 0 aliphatic carbocycles. The molecule has 0 spiro atoms. The maximum atomic E-state index is 12.4. The summed E-state index contributed by atoms with van der Waals surface area (Å²) in [6.07, 6.45) is 2.03. The Morgan fingerprint density at radius 2 is 1.62 bits per heavy atom. The molecule has 1 aliphatic rings. The summed E-state index contributed by atoms with van der Waals surface area (Å²) in [5.41, 5.74) is 2.41. The second-order valence-electron chi connectivity index (χ2n) is 6.64. The molecule has 26 heavy (non-hydrogen) atoms.